The number of carbonyl (C=O) groups excluding carboxylic acids is 1. The van der Waals surface area contributed by atoms with E-state index in [0.29, 0.717) is 5.82 Å². The summed E-state index contributed by atoms with van der Waals surface area (Å²) in [7, 11) is 0. The number of nitrogens with zero attached hydrogens (tertiary/aromatic N) is 5. The van der Waals surface area contributed by atoms with Gasteiger partial charge in [-0.2, -0.15) is 14.7 Å². The van der Waals surface area contributed by atoms with Crippen LogP contribution < -0.4 is 11.5 Å². The molecule has 31 heavy (non-hydrogen) atoms. The molecule has 9 heteroatoms. The van der Waals surface area contributed by atoms with E-state index in [0.717, 1.165) is 59.1 Å². The van der Waals surface area contributed by atoms with Crippen LogP contribution in [-0.2, 0) is 4.79 Å². The molecule has 2 aliphatic heterocycles. The molecule has 0 radical (unpaired) electrons. The number of aromatic nitrogens is 5. The van der Waals surface area contributed by atoms with Crippen LogP contribution in [0.5, 0.6) is 0 Å². The summed E-state index contributed by atoms with van der Waals surface area (Å²) in [6.45, 7) is 0.0784. The van der Waals surface area contributed by atoms with Crippen molar-refractivity contribution < 1.29 is 4.79 Å². The van der Waals surface area contributed by atoms with Crippen molar-refractivity contribution in [2.24, 2.45) is 5.73 Å². The summed E-state index contributed by atoms with van der Waals surface area (Å²) in [6, 6.07) is 8.56. The van der Waals surface area contributed by atoms with Crippen LogP contribution in [0.1, 0.15) is 37.3 Å². The number of rotatable bonds is 3. The molecule has 0 saturated carbocycles. The minimum Gasteiger partial charge on any atom is -0.384 e. The summed E-state index contributed by atoms with van der Waals surface area (Å²) < 4.78 is 1.69. The highest BCUT2D eigenvalue weighted by molar-refractivity contribution is 5.87. The maximum absolute atomic E-state index is 12.3. The molecule has 9 nitrogen and oxygen atoms in total. The molecular weight excluding hydrogens is 392 g/mol. The standard InChI is InChI=1S/C22H24N8O/c23-9-21(31)29-15-2-3-16(29)7-13(6-15)19-8-20(24)30-22(27-19)17(11-26-30)12-1-4-18-14(5-12)10-25-28-18/h1,4-5,8,10-11,13,15-16H,2-3,6-7,9,23-24H2,(H,25,28). The molecule has 0 spiro atoms. The normalized spacial score (nSPS) is 23.1. The zero-order valence-corrected chi connectivity index (χ0v) is 17.0. The quantitative estimate of drug-likeness (QED) is 0.468. The van der Waals surface area contributed by atoms with Gasteiger partial charge in [0.15, 0.2) is 5.65 Å². The van der Waals surface area contributed by atoms with Crippen LogP contribution in [0.25, 0.3) is 27.7 Å². The van der Waals surface area contributed by atoms with E-state index >= 15 is 0 Å². The van der Waals surface area contributed by atoms with Gasteiger partial charge in [0.05, 0.1) is 24.5 Å². The van der Waals surface area contributed by atoms with Crippen LogP contribution in [0.2, 0.25) is 0 Å². The van der Waals surface area contributed by atoms with Gasteiger partial charge in [-0.25, -0.2) is 4.98 Å². The van der Waals surface area contributed by atoms with Gasteiger partial charge in [-0.15, -0.1) is 0 Å². The van der Waals surface area contributed by atoms with Gasteiger partial charge in [-0.05, 0) is 43.4 Å². The van der Waals surface area contributed by atoms with Crippen molar-refractivity contribution >= 4 is 28.3 Å². The maximum atomic E-state index is 12.3. The van der Waals surface area contributed by atoms with E-state index < -0.39 is 0 Å². The Morgan fingerprint density at radius 1 is 1.16 bits per heavy atom. The van der Waals surface area contributed by atoms with Gasteiger partial charge in [-0.1, -0.05) is 6.07 Å². The number of carbonyl (C=O) groups is 1. The monoisotopic (exact) mass is 416 g/mol. The smallest absolute Gasteiger partial charge is 0.236 e. The van der Waals surface area contributed by atoms with E-state index in [9.17, 15) is 4.79 Å². The number of fused-ring (bicyclic) bond motifs is 4. The first kappa shape index (κ1) is 18.3. The third-order valence-corrected chi connectivity index (χ3v) is 6.88. The Morgan fingerprint density at radius 3 is 2.74 bits per heavy atom. The SMILES string of the molecule is NCC(=O)N1C2CCC1CC(c1cc(N)n3ncc(-c4ccc5[nH]ncc5c4)c3n1)C2. The summed E-state index contributed by atoms with van der Waals surface area (Å²) in [4.78, 5) is 19.3. The molecular formula is C22H24N8O. The van der Waals surface area contributed by atoms with Crippen molar-refractivity contribution in [1.82, 2.24) is 29.7 Å². The van der Waals surface area contributed by atoms with Crippen LogP contribution in [-0.4, -0.2) is 54.2 Å². The average Bonchev–Trinajstić information content (AvgIpc) is 3.48. The molecule has 2 bridgehead atoms. The molecule has 4 aromatic rings. The molecule has 158 valence electrons. The van der Waals surface area contributed by atoms with Crippen LogP contribution >= 0.6 is 0 Å². The maximum Gasteiger partial charge on any atom is 0.236 e. The number of anilines is 1. The summed E-state index contributed by atoms with van der Waals surface area (Å²) in [5.41, 5.74) is 16.7. The van der Waals surface area contributed by atoms with Crippen LogP contribution in [0.4, 0.5) is 5.82 Å². The van der Waals surface area contributed by atoms with E-state index in [4.69, 9.17) is 16.5 Å². The van der Waals surface area contributed by atoms with Crippen molar-refractivity contribution in [3.63, 3.8) is 0 Å². The van der Waals surface area contributed by atoms with Crippen molar-refractivity contribution in [3.8, 4) is 11.1 Å². The molecule has 2 fully saturated rings. The Kier molecular flexibility index (Phi) is 4.01. The number of nitrogens with two attached hydrogens (primary N) is 2. The molecule has 0 aliphatic carbocycles. The number of hydrogen-bond acceptors (Lipinski definition) is 6. The molecule has 2 aliphatic rings. The van der Waals surface area contributed by atoms with Gasteiger partial charge in [0, 0.05) is 40.7 Å². The lowest BCUT2D eigenvalue weighted by Crippen LogP contribution is -2.48. The van der Waals surface area contributed by atoms with Gasteiger partial charge in [-0.3, -0.25) is 9.89 Å². The zero-order chi connectivity index (χ0) is 21.1. The number of piperidine rings is 1. The lowest BCUT2D eigenvalue weighted by Gasteiger charge is -2.38. The predicted octanol–water partition coefficient (Wildman–Crippen LogP) is 2.05. The number of benzene rings is 1. The van der Waals surface area contributed by atoms with Gasteiger partial charge >= 0.3 is 0 Å². The largest absolute Gasteiger partial charge is 0.384 e. The number of nitrogens with one attached hydrogen (secondary N) is 1. The Labute approximate surface area is 178 Å². The third kappa shape index (κ3) is 2.80. The summed E-state index contributed by atoms with van der Waals surface area (Å²) in [6.07, 6.45) is 7.49. The highest BCUT2D eigenvalue weighted by atomic mass is 16.2. The topological polar surface area (TPSA) is 131 Å². The average molecular weight is 416 g/mol. The molecule has 5 heterocycles. The van der Waals surface area contributed by atoms with Crippen molar-refractivity contribution in [3.05, 3.63) is 42.4 Å². The van der Waals surface area contributed by atoms with E-state index in [-0.39, 0.29) is 30.5 Å². The first-order chi connectivity index (χ1) is 15.1. The van der Waals surface area contributed by atoms with Crippen LogP contribution in [0.15, 0.2) is 36.7 Å². The van der Waals surface area contributed by atoms with Crippen molar-refractivity contribution in [2.75, 3.05) is 12.3 Å². The second-order valence-electron chi connectivity index (χ2n) is 8.63. The van der Waals surface area contributed by atoms with Crippen molar-refractivity contribution in [1.29, 1.82) is 0 Å². The molecule has 2 atom stereocenters. The molecule has 5 N–H and O–H groups in total. The highest BCUT2D eigenvalue weighted by Crippen LogP contribution is 2.43. The van der Waals surface area contributed by atoms with Crippen LogP contribution in [0.3, 0.4) is 0 Å². The van der Waals surface area contributed by atoms with Gasteiger partial charge in [0.2, 0.25) is 5.91 Å². The fourth-order valence-corrected chi connectivity index (χ4v) is 5.46. The van der Waals surface area contributed by atoms with Crippen molar-refractivity contribution in [2.45, 2.75) is 43.7 Å². The summed E-state index contributed by atoms with van der Waals surface area (Å²) >= 11 is 0. The van der Waals surface area contributed by atoms with E-state index in [1.165, 1.54) is 0 Å². The number of nitrogen functional groups attached to an aromatic ring is 1. The van der Waals surface area contributed by atoms with E-state index in [2.05, 4.69) is 21.4 Å². The molecule has 3 aromatic heterocycles. The minimum atomic E-state index is 0.0570. The van der Waals surface area contributed by atoms with Crippen LogP contribution in [0, 0.1) is 0 Å². The molecule has 1 aromatic carbocycles. The Morgan fingerprint density at radius 2 is 1.97 bits per heavy atom. The van der Waals surface area contributed by atoms with Gasteiger partial charge in [0.25, 0.3) is 0 Å². The van der Waals surface area contributed by atoms with E-state index in [1.807, 2.05) is 35.5 Å². The zero-order valence-electron chi connectivity index (χ0n) is 17.0. The third-order valence-electron chi connectivity index (χ3n) is 6.88. The second kappa shape index (κ2) is 6.78. The Balaban J connectivity index is 1.39. The minimum absolute atomic E-state index is 0.0570. The Hall–Kier alpha value is -3.46. The number of hydrogen-bond donors (Lipinski definition) is 3. The molecule has 2 saturated heterocycles. The fraction of sp³-hybridized carbons (Fsp3) is 0.364. The molecule has 1 amide bonds. The second-order valence-corrected chi connectivity index (χ2v) is 8.63. The first-order valence-corrected chi connectivity index (χ1v) is 10.7. The molecule has 2 unspecified atom stereocenters. The van der Waals surface area contributed by atoms with E-state index in [1.54, 1.807) is 4.52 Å². The lowest BCUT2D eigenvalue weighted by molar-refractivity contribution is -0.134. The summed E-state index contributed by atoms with van der Waals surface area (Å²) in [5.74, 6) is 0.899. The lowest BCUT2D eigenvalue weighted by atomic mass is 9.87. The van der Waals surface area contributed by atoms with Gasteiger partial charge in [0.1, 0.15) is 5.82 Å². The highest BCUT2D eigenvalue weighted by Gasteiger charge is 2.43. The summed E-state index contributed by atoms with van der Waals surface area (Å²) in [5, 5.41) is 12.6. The number of H-pyrrole nitrogens is 1. The predicted molar refractivity (Wildman–Crippen MR) is 117 cm³/mol. The molecule has 6 rings (SSSR count). The van der Waals surface area contributed by atoms with Gasteiger partial charge < -0.3 is 16.4 Å². The number of aromatic amines is 1. The fourth-order valence-electron chi connectivity index (χ4n) is 5.46. The Bertz CT molecular complexity index is 1290. The first-order valence-electron chi connectivity index (χ1n) is 10.7. The number of amides is 1.